The second-order valence-corrected chi connectivity index (χ2v) is 1.45. The molecule has 1 fully saturated rings. The molecule has 0 aromatic rings. The molecule has 1 radical (unpaired) electrons. The zero-order valence-electron chi connectivity index (χ0n) is 4.35. The second kappa shape index (κ2) is 3.43. The maximum absolute atomic E-state index is 10.2. The maximum Gasteiger partial charge on any atom is 0.109 e. The van der Waals surface area contributed by atoms with Gasteiger partial charge in [-0.25, -0.2) is 0 Å². The van der Waals surface area contributed by atoms with Crippen LogP contribution in [-0.2, 0) is 37.5 Å². The Labute approximate surface area is 72.7 Å². The SMILES string of the molecule is O=C1NCC[C-]1O.[Y]. The topological polar surface area (TPSA) is 49.3 Å². The fourth-order valence-electron chi connectivity index (χ4n) is 0.510. The van der Waals surface area contributed by atoms with Crippen molar-refractivity contribution in [3.63, 3.8) is 0 Å². The minimum atomic E-state index is -0.319. The van der Waals surface area contributed by atoms with E-state index in [0.29, 0.717) is 13.0 Å². The summed E-state index contributed by atoms with van der Waals surface area (Å²) in [5.74, 6) is -0.319. The third-order valence-corrected chi connectivity index (χ3v) is 0.909. The number of rotatable bonds is 0. The molecule has 3 nitrogen and oxygen atoms in total. The molecular weight excluding hydrogens is 183 g/mol. The largest absolute Gasteiger partial charge is 0.535 e. The average molecular weight is 189 g/mol. The van der Waals surface area contributed by atoms with Crippen LogP contribution in [0.2, 0.25) is 0 Å². The first-order valence-electron chi connectivity index (χ1n) is 2.13. The van der Waals surface area contributed by atoms with Gasteiger partial charge in [0.05, 0.1) is 0 Å². The van der Waals surface area contributed by atoms with Crippen molar-refractivity contribution >= 4 is 5.91 Å². The zero-order chi connectivity index (χ0) is 5.28. The molecule has 0 unspecified atom stereocenters. The number of carbonyl (C=O) groups excluding carboxylic acids is 1. The molecule has 0 aromatic heterocycles. The average Bonchev–Trinajstić information content (AvgIpc) is 1.91. The molecule has 1 rings (SSSR count). The Kier molecular flexibility index (Phi) is 3.61. The maximum atomic E-state index is 10.2. The van der Waals surface area contributed by atoms with Crippen molar-refractivity contribution in [3.8, 4) is 0 Å². The van der Waals surface area contributed by atoms with Crippen LogP contribution in [0.1, 0.15) is 6.42 Å². The first-order valence-corrected chi connectivity index (χ1v) is 2.13. The van der Waals surface area contributed by atoms with Crippen molar-refractivity contribution in [1.29, 1.82) is 0 Å². The molecular formula is C4H6NO2Y-. The fourth-order valence-corrected chi connectivity index (χ4v) is 0.510. The van der Waals surface area contributed by atoms with E-state index in [1.807, 2.05) is 0 Å². The quantitative estimate of drug-likeness (QED) is 0.500. The molecule has 1 heterocycles. The molecule has 0 spiro atoms. The van der Waals surface area contributed by atoms with Gasteiger partial charge in [-0.05, 0) is 6.54 Å². The van der Waals surface area contributed by atoms with Gasteiger partial charge in [0.1, 0.15) is 5.91 Å². The molecule has 2 N–H and O–H groups in total. The first-order chi connectivity index (χ1) is 3.30. The monoisotopic (exact) mass is 189 g/mol. The van der Waals surface area contributed by atoms with Crippen LogP contribution in [0.4, 0.5) is 0 Å². The fraction of sp³-hybridized carbons (Fsp3) is 0.500. The summed E-state index contributed by atoms with van der Waals surface area (Å²) in [4.78, 5) is 10.2. The van der Waals surface area contributed by atoms with Gasteiger partial charge in [-0.2, -0.15) is 6.10 Å². The van der Waals surface area contributed by atoms with Crippen molar-refractivity contribution in [2.45, 2.75) is 6.42 Å². The van der Waals surface area contributed by atoms with Gasteiger partial charge in [-0.3, -0.25) is 0 Å². The molecule has 4 heteroatoms. The number of nitrogens with one attached hydrogen (secondary N) is 1. The van der Waals surface area contributed by atoms with Crippen LogP contribution < -0.4 is 5.32 Å². The summed E-state index contributed by atoms with van der Waals surface area (Å²) in [5, 5.41) is 10.9. The Bertz CT molecular complexity index is 96.0. The van der Waals surface area contributed by atoms with E-state index < -0.39 is 0 Å². The molecule has 0 aliphatic carbocycles. The molecule has 0 bridgehead atoms. The van der Waals surface area contributed by atoms with Crippen LogP contribution in [0.3, 0.4) is 0 Å². The van der Waals surface area contributed by atoms with Crippen molar-refractivity contribution in [1.82, 2.24) is 5.32 Å². The van der Waals surface area contributed by atoms with Gasteiger partial charge in [0.15, 0.2) is 0 Å². The zero-order valence-corrected chi connectivity index (χ0v) is 7.19. The third-order valence-electron chi connectivity index (χ3n) is 0.909. The van der Waals surface area contributed by atoms with Gasteiger partial charge in [-0.15, -0.1) is 6.42 Å². The van der Waals surface area contributed by atoms with Gasteiger partial charge < -0.3 is 15.2 Å². The molecule has 0 atom stereocenters. The van der Waals surface area contributed by atoms with Crippen LogP contribution in [-0.4, -0.2) is 17.6 Å². The second-order valence-electron chi connectivity index (χ2n) is 1.45. The van der Waals surface area contributed by atoms with E-state index in [0.717, 1.165) is 0 Å². The van der Waals surface area contributed by atoms with Gasteiger partial charge in [-0.1, -0.05) is 0 Å². The Morgan fingerprint density at radius 2 is 2.38 bits per heavy atom. The van der Waals surface area contributed by atoms with Gasteiger partial charge >= 0.3 is 0 Å². The van der Waals surface area contributed by atoms with Crippen LogP contribution >= 0.6 is 0 Å². The molecule has 1 amide bonds. The third kappa shape index (κ3) is 1.73. The number of amides is 1. The van der Waals surface area contributed by atoms with Gasteiger partial charge in [0.2, 0.25) is 0 Å². The number of aliphatic hydroxyl groups is 1. The van der Waals surface area contributed by atoms with Crippen molar-refractivity contribution in [2.24, 2.45) is 0 Å². The van der Waals surface area contributed by atoms with E-state index in [9.17, 15) is 4.79 Å². The predicted octanol–water partition coefficient (Wildman–Crippen LogP) is -0.592. The Balaban J connectivity index is 0.000000490. The van der Waals surface area contributed by atoms with Gasteiger partial charge in [0.25, 0.3) is 0 Å². The molecule has 1 aliphatic rings. The number of hydrogen-bond donors (Lipinski definition) is 2. The van der Waals surface area contributed by atoms with Crippen LogP contribution in [0, 0.1) is 6.10 Å². The van der Waals surface area contributed by atoms with Crippen LogP contribution in [0.15, 0.2) is 0 Å². The predicted molar refractivity (Wildman–Crippen MR) is 22.8 cm³/mol. The van der Waals surface area contributed by atoms with Crippen molar-refractivity contribution in [2.75, 3.05) is 6.54 Å². The van der Waals surface area contributed by atoms with Crippen LogP contribution in [0.25, 0.3) is 0 Å². The molecule has 8 heavy (non-hydrogen) atoms. The molecule has 0 aromatic carbocycles. The first kappa shape index (κ1) is 8.40. The summed E-state index contributed by atoms with van der Waals surface area (Å²) in [7, 11) is 0. The van der Waals surface area contributed by atoms with E-state index in [4.69, 9.17) is 5.11 Å². The number of aliphatic hydroxyl groups excluding tert-OH is 1. The molecule has 1 aliphatic heterocycles. The summed E-state index contributed by atoms with van der Waals surface area (Å²) in [6.45, 7) is 0.588. The Hall–Kier alpha value is 0.404. The molecule has 0 saturated carbocycles. The molecule has 43 valence electrons. The number of carbonyl (C=O) groups is 1. The van der Waals surface area contributed by atoms with E-state index in [-0.39, 0.29) is 44.7 Å². The van der Waals surface area contributed by atoms with E-state index in [2.05, 4.69) is 5.32 Å². The van der Waals surface area contributed by atoms with E-state index in [1.165, 1.54) is 0 Å². The summed E-state index contributed by atoms with van der Waals surface area (Å²) < 4.78 is 0. The summed E-state index contributed by atoms with van der Waals surface area (Å²) >= 11 is 0. The number of hydrogen-bond acceptors (Lipinski definition) is 2. The standard InChI is InChI=1S/C4H6NO2.Y/c6-3-1-2-5-4(3)7;/h6H,1-2H2,(H,5,7);/q-1;. The Morgan fingerprint density at radius 3 is 2.50 bits per heavy atom. The normalized spacial score (nSPS) is 17.6. The summed E-state index contributed by atoms with van der Waals surface area (Å²) in [6, 6.07) is 0. The van der Waals surface area contributed by atoms with E-state index in [1.54, 1.807) is 0 Å². The minimum absolute atomic E-state index is 0. The van der Waals surface area contributed by atoms with Crippen LogP contribution in [0.5, 0.6) is 0 Å². The minimum Gasteiger partial charge on any atom is -0.535 e. The van der Waals surface area contributed by atoms with Crippen molar-refractivity contribution < 1.29 is 42.6 Å². The smallest absolute Gasteiger partial charge is 0.109 e. The summed E-state index contributed by atoms with van der Waals surface area (Å²) in [5.41, 5.74) is 0. The molecule has 1 saturated heterocycles. The Morgan fingerprint density at radius 1 is 1.75 bits per heavy atom. The summed E-state index contributed by atoms with van der Waals surface area (Å²) in [6.07, 6.45) is 0.443. The van der Waals surface area contributed by atoms with Gasteiger partial charge in [0, 0.05) is 32.7 Å². The van der Waals surface area contributed by atoms with E-state index >= 15 is 0 Å². The van der Waals surface area contributed by atoms with Crippen molar-refractivity contribution in [3.05, 3.63) is 6.10 Å².